The fourth-order valence-electron chi connectivity index (χ4n) is 1.15. The van der Waals surface area contributed by atoms with Gasteiger partial charge in [0.2, 0.25) is 0 Å². The minimum Gasteiger partial charge on any atom is -0.506 e. The van der Waals surface area contributed by atoms with Gasteiger partial charge in [0.05, 0.1) is 7.14 Å². The Hall–Kier alpha value is 1.37. The quantitative estimate of drug-likeness (QED) is 0.338. The summed E-state index contributed by atoms with van der Waals surface area (Å²) in [6.45, 7) is 0. The molecule has 0 radical (unpaired) electrons. The number of hydrogen-bond acceptors (Lipinski definition) is 3. The van der Waals surface area contributed by atoms with Crippen LogP contribution in [0.1, 0.15) is 5.56 Å². The van der Waals surface area contributed by atoms with Crippen LogP contribution in [-0.4, -0.2) is 22.2 Å². The Labute approximate surface area is 153 Å². The first-order chi connectivity index (χ1) is 7.77. The smallest absolute Gasteiger partial charge is 0.320 e. The van der Waals surface area contributed by atoms with Crippen molar-refractivity contribution in [1.82, 2.24) is 0 Å². The van der Waals surface area contributed by atoms with Gasteiger partial charge >= 0.3 is 5.97 Å². The molecule has 0 fully saturated rings. The van der Waals surface area contributed by atoms with E-state index in [0.29, 0.717) is 0 Å². The van der Waals surface area contributed by atoms with Gasteiger partial charge in [0.1, 0.15) is 11.8 Å². The molecule has 0 spiro atoms. The lowest BCUT2D eigenvalue weighted by atomic mass is 10.1. The molecule has 0 unspecified atom stereocenters. The van der Waals surface area contributed by atoms with Gasteiger partial charge in [-0.05, 0) is 95.9 Å². The average Bonchev–Trinajstić information content (AvgIpc) is 2.29. The lowest BCUT2D eigenvalue weighted by Crippen LogP contribution is -2.33. The lowest BCUT2D eigenvalue weighted by molar-refractivity contribution is -0.138. The first-order valence-electron chi connectivity index (χ1n) is 4.29. The maximum atomic E-state index is 10.8. The van der Waals surface area contributed by atoms with E-state index in [1.54, 1.807) is 0 Å². The largest absolute Gasteiger partial charge is 0.506 e. The van der Waals surface area contributed by atoms with Crippen molar-refractivity contribution in [3.05, 3.63) is 19.8 Å². The number of carboxylic acid groups (broad SMARTS) is 1. The molecule has 0 aliphatic rings. The minimum absolute atomic E-state index is 0.243. The number of nitrogens with two attached hydrogens (primary N) is 1. The van der Waals surface area contributed by atoms with E-state index < -0.39 is 12.0 Å². The number of phenols is 1. The van der Waals surface area contributed by atoms with Crippen molar-refractivity contribution in [2.24, 2.45) is 5.73 Å². The predicted octanol–water partition coefficient (Wildman–Crippen LogP) is 2.77. The van der Waals surface area contributed by atoms with E-state index in [1.165, 1.54) is 0 Å². The maximum absolute atomic E-state index is 10.8. The highest BCUT2D eigenvalue weighted by Crippen LogP contribution is 2.37. The van der Waals surface area contributed by atoms with Crippen molar-refractivity contribution in [3.8, 4) is 5.75 Å². The van der Waals surface area contributed by atoms with Crippen LogP contribution >= 0.6 is 90.4 Å². The third-order valence-corrected chi connectivity index (χ3v) is 8.62. The second-order valence-electron chi connectivity index (χ2n) is 3.23. The zero-order valence-electron chi connectivity index (χ0n) is 8.18. The van der Waals surface area contributed by atoms with Crippen LogP contribution in [0.15, 0.2) is 0 Å². The van der Waals surface area contributed by atoms with E-state index in [9.17, 15) is 9.90 Å². The summed E-state index contributed by atoms with van der Waals surface area (Å²) >= 11 is 8.31. The number of carbonyl (C=O) groups is 1. The molecule has 1 aromatic rings. The van der Waals surface area contributed by atoms with Gasteiger partial charge in [0.25, 0.3) is 0 Å². The number of hydrogen-bond donors (Lipinski definition) is 3. The normalized spacial score (nSPS) is 12.5. The molecule has 4 N–H and O–H groups in total. The summed E-state index contributed by atoms with van der Waals surface area (Å²) in [6, 6.07) is -0.923. The standard InChI is InChI=1S/C9H7I4NO3/c10-4-2(1-3(14)9(16)17)5(11)7(13)8(15)6(4)12/h3,15H,1,14H2,(H,16,17)/t3-/m0/s1. The molecule has 94 valence electrons. The van der Waals surface area contributed by atoms with Crippen molar-refractivity contribution < 1.29 is 15.0 Å². The zero-order chi connectivity index (χ0) is 13.3. The highest BCUT2D eigenvalue weighted by molar-refractivity contribution is 14.1. The van der Waals surface area contributed by atoms with E-state index in [0.717, 1.165) is 19.8 Å². The highest BCUT2D eigenvalue weighted by Gasteiger charge is 2.22. The number of carboxylic acids is 1. The van der Waals surface area contributed by atoms with Crippen molar-refractivity contribution in [2.75, 3.05) is 0 Å². The van der Waals surface area contributed by atoms with Crippen LogP contribution in [0.25, 0.3) is 0 Å². The lowest BCUT2D eigenvalue weighted by Gasteiger charge is -2.15. The Morgan fingerprint density at radius 3 is 1.88 bits per heavy atom. The number of halogens is 4. The Morgan fingerprint density at radius 1 is 1.12 bits per heavy atom. The van der Waals surface area contributed by atoms with Gasteiger partial charge in [-0.15, -0.1) is 0 Å². The summed E-state index contributed by atoms with van der Waals surface area (Å²) in [7, 11) is 0. The molecule has 0 saturated carbocycles. The third kappa shape index (κ3) is 3.68. The number of phenolic OH excluding ortho intramolecular Hbond substituents is 1. The Kier molecular flexibility index (Phi) is 6.47. The molecular weight excluding hydrogens is 678 g/mol. The zero-order valence-corrected chi connectivity index (χ0v) is 16.8. The molecule has 0 aliphatic heterocycles. The molecule has 1 rings (SSSR count). The highest BCUT2D eigenvalue weighted by atomic mass is 127. The molecule has 0 aliphatic carbocycles. The van der Waals surface area contributed by atoms with Crippen molar-refractivity contribution >= 4 is 96.3 Å². The SMILES string of the molecule is N[C@@H](Cc1c(I)c(I)c(O)c(I)c1I)C(=O)O. The number of aromatic hydroxyl groups is 1. The fraction of sp³-hybridized carbons (Fsp3) is 0.222. The second-order valence-corrected chi connectivity index (χ2v) is 7.55. The fourth-order valence-corrected chi connectivity index (χ4v) is 4.87. The number of aliphatic carboxylic acids is 1. The van der Waals surface area contributed by atoms with Gasteiger partial charge < -0.3 is 15.9 Å². The summed E-state index contributed by atoms with van der Waals surface area (Å²) in [5.74, 6) is -0.776. The van der Waals surface area contributed by atoms with Crippen molar-refractivity contribution in [3.63, 3.8) is 0 Å². The van der Waals surface area contributed by atoms with Crippen LogP contribution in [0.4, 0.5) is 0 Å². The van der Waals surface area contributed by atoms with E-state index in [1.807, 2.05) is 45.2 Å². The molecule has 1 aromatic carbocycles. The monoisotopic (exact) mass is 685 g/mol. The van der Waals surface area contributed by atoms with Crippen LogP contribution in [0.2, 0.25) is 0 Å². The van der Waals surface area contributed by atoms with Crippen LogP contribution < -0.4 is 5.73 Å². The van der Waals surface area contributed by atoms with E-state index in [-0.39, 0.29) is 12.2 Å². The Balaban J connectivity index is 3.30. The first-order valence-corrected chi connectivity index (χ1v) is 8.61. The van der Waals surface area contributed by atoms with Crippen LogP contribution in [0.5, 0.6) is 5.75 Å². The molecule has 1 atom stereocenters. The molecular formula is C9H7I4NO3. The molecule has 17 heavy (non-hydrogen) atoms. The van der Waals surface area contributed by atoms with Gasteiger partial charge in [-0.2, -0.15) is 0 Å². The van der Waals surface area contributed by atoms with Crippen molar-refractivity contribution in [2.45, 2.75) is 12.5 Å². The number of benzene rings is 1. The third-order valence-electron chi connectivity index (χ3n) is 2.07. The topological polar surface area (TPSA) is 83.5 Å². The van der Waals surface area contributed by atoms with Gasteiger partial charge in [-0.3, -0.25) is 4.79 Å². The van der Waals surface area contributed by atoms with Crippen LogP contribution in [0, 0.1) is 14.3 Å². The average molecular weight is 685 g/mol. The summed E-state index contributed by atoms with van der Waals surface area (Å²) < 4.78 is 3.20. The predicted molar refractivity (Wildman–Crippen MR) is 98.3 cm³/mol. The molecule has 8 heteroatoms. The molecule has 0 heterocycles. The minimum atomic E-state index is -1.02. The first kappa shape index (κ1) is 16.4. The summed E-state index contributed by atoms with van der Waals surface area (Å²) in [5, 5.41) is 18.7. The second kappa shape index (κ2) is 6.69. The molecule has 0 bridgehead atoms. The molecule has 4 nitrogen and oxygen atoms in total. The van der Waals surface area contributed by atoms with E-state index in [2.05, 4.69) is 45.2 Å². The van der Waals surface area contributed by atoms with E-state index >= 15 is 0 Å². The Morgan fingerprint density at radius 2 is 1.53 bits per heavy atom. The summed E-state index contributed by atoms with van der Waals surface area (Å²) in [5.41, 5.74) is 6.43. The summed E-state index contributed by atoms with van der Waals surface area (Å²) in [6.07, 6.45) is 0.262. The van der Waals surface area contributed by atoms with Gasteiger partial charge in [-0.25, -0.2) is 0 Å². The molecule has 0 aromatic heterocycles. The van der Waals surface area contributed by atoms with Gasteiger partial charge in [0.15, 0.2) is 0 Å². The maximum Gasteiger partial charge on any atom is 0.320 e. The van der Waals surface area contributed by atoms with Gasteiger partial charge in [-0.1, -0.05) is 0 Å². The van der Waals surface area contributed by atoms with Crippen LogP contribution in [-0.2, 0) is 11.2 Å². The van der Waals surface area contributed by atoms with Crippen molar-refractivity contribution in [1.29, 1.82) is 0 Å². The molecule has 0 amide bonds. The molecule has 0 saturated heterocycles. The Bertz CT molecular complexity index is 449. The van der Waals surface area contributed by atoms with Crippen LogP contribution in [0.3, 0.4) is 0 Å². The van der Waals surface area contributed by atoms with Gasteiger partial charge in [0, 0.05) is 13.6 Å². The number of rotatable bonds is 3. The van der Waals surface area contributed by atoms with E-state index in [4.69, 9.17) is 10.8 Å². The summed E-state index contributed by atoms with van der Waals surface area (Å²) in [4.78, 5) is 10.8.